The number of hydrogen-bond acceptors (Lipinski definition) is 2. The van der Waals surface area contributed by atoms with Gasteiger partial charge in [0.1, 0.15) is 5.75 Å². The summed E-state index contributed by atoms with van der Waals surface area (Å²) in [6.45, 7) is 2.31. The lowest BCUT2D eigenvalue weighted by molar-refractivity contribution is 0.145. The lowest BCUT2D eigenvalue weighted by atomic mass is 9.93. The number of hydrogen-bond donors (Lipinski definition) is 1. The summed E-state index contributed by atoms with van der Waals surface area (Å²) < 4.78 is 0. The second-order valence-corrected chi connectivity index (χ2v) is 5.68. The van der Waals surface area contributed by atoms with Gasteiger partial charge in [-0.2, -0.15) is 0 Å². The van der Waals surface area contributed by atoms with Gasteiger partial charge in [-0.1, -0.05) is 31.4 Å². The summed E-state index contributed by atoms with van der Waals surface area (Å²) in [6, 6.07) is 8.95. The molecule has 0 heterocycles. The molecule has 1 aromatic rings. The SMILES string of the molecule is CC(Cc1ccc(O)cc1)N(C)C1CCCCC1. The molecule has 0 amide bonds. The van der Waals surface area contributed by atoms with Gasteiger partial charge < -0.3 is 10.0 Å². The number of phenols is 1. The predicted octanol–water partition coefficient (Wildman–Crippen LogP) is 3.59. The first-order valence-corrected chi connectivity index (χ1v) is 7.16. The molecule has 0 radical (unpaired) electrons. The molecule has 1 unspecified atom stereocenters. The first-order valence-electron chi connectivity index (χ1n) is 7.16. The summed E-state index contributed by atoms with van der Waals surface area (Å²) in [5.41, 5.74) is 1.31. The van der Waals surface area contributed by atoms with E-state index >= 15 is 0 Å². The fourth-order valence-corrected chi connectivity index (χ4v) is 2.97. The van der Waals surface area contributed by atoms with Gasteiger partial charge >= 0.3 is 0 Å². The molecule has 2 nitrogen and oxygen atoms in total. The topological polar surface area (TPSA) is 23.5 Å². The molecule has 1 atom stereocenters. The zero-order chi connectivity index (χ0) is 13.0. The van der Waals surface area contributed by atoms with Crippen molar-refractivity contribution in [1.29, 1.82) is 0 Å². The van der Waals surface area contributed by atoms with Crippen molar-refractivity contribution >= 4 is 0 Å². The molecule has 1 N–H and O–H groups in total. The van der Waals surface area contributed by atoms with Crippen LogP contribution in [-0.2, 0) is 6.42 Å². The standard InChI is InChI=1S/C16H25NO/c1-13(12-14-8-10-16(18)11-9-14)17(2)15-6-4-3-5-7-15/h8-11,13,15,18H,3-7,12H2,1-2H3. The Bertz CT molecular complexity index is 354. The van der Waals surface area contributed by atoms with Gasteiger partial charge in [0.2, 0.25) is 0 Å². The normalized spacial score (nSPS) is 19.1. The van der Waals surface area contributed by atoms with Crippen LogP contribution in [0.3, 0.4) is 0 Å². The third-order valence-corrected chi connectivity index (χ3v) is 4.31. The van der Waals surface area contributed by atoms with Crippen molar-refractivity contribution in [2.75, 3.05) is 7.05 Å². The highest BCUT2D eigenvalue weighted by molar-refractivity contribution is 5.26. The number of rotatable bonds is 4. The van der Waals surface area contributed by atoms with E-state index in [0.29, 0.717) is 11.8 Å². The van der Waals surface area contributed by atoms with Crippen molar-refractivity contribution in [3.8, 4) is 5.75 Å². The Hall–Kier alpha value is -1.02. The van der Waals surface area contributed by atoms with Crippen molar-refractivity contribution in [3.63, 3.8) is 0 Å². The molecule has 18 heavy (non-hydrogen) atoms. The van der Waals surface area contributed by atoms with Crippen molar-refractivity contribution in [2.24, 2.45) is 0 Å². The minimum atomic E-state index is 0.354. The second-order valence-electron chi connectivity index (χ2n) is 5.68. The van der Waals surface area contributed by atoms with E-state index in [2.05, 4.69) is 18.9 Å². The first kappa shape index (κ1) is 13.4. The molecule has 0 aliphatic heterocycles. The fraction of sp³-hybridized carbons (Fsp3) is 0.625. The third kappa shape index (κ3) is 3.49. The van der Waals surface area contributed by atoms with Crippen molar-refractivity contribution < 1.29 is 5.11 Å². The van der Waals surface area contributed by atoms with Gasteiger partial charge in [-0.25, -0.2) is 0 Å². The highest BCUT2D eigenvalue weighted by Crippen LogP contribution is 2.24. The molecule has 0 bridgehead atoms. The molecule has 0 spiro atoms. The number of benzene rings is 1. The zero-order valence-corrected chi connectivity index (χ0v) is 11.6. The zero-order valence-electron chi connectivity index (χ0n) is 11.6. The van der Waals surface area contributed by atoms with Crippen LogP contribution in [0.15, 0.2) is 24.3 Å². The predicted molar refractivity (Wildman–Crippen MR) is 75.9 cm³/mol. The second kappa shape index (κ2) is 6.24. The monoisotopic (exact) mass is 247 g/mol. The van der Waals surface area contributed by atoms with E-state index in [4.69, 9.17) is 0 Å². The average molecular weight is 247 g/mol. The average Bonchev–Trinajstić information content (AvgIpc) is 2.41. The Morgan fingerprint density at radius 2 is 1.78 bits per heavy atom. The largest absolute Gasteiger partial charge is 0.508 e. The summed E-state index contributed by atoms with van der Waals surface area (Å²) in [5.74, 6) is 0.354. The van der Waals surface area contributed by atoms with E-state index < -0.39 is 0 Å². The van der Waals surface area contributed by atoms with E-state index in [1.54, 1.807) is 12.1 Å². The molecular weight excluding hydrogens is 222 g/mol. The number of phenolic OH excluding ortho intramolecular Hbond substituents is 1. The molecule has 2 heteroatoms. The summed E-state index contributed by atoms with van der Waals surface area (Å²) in [4.78, 5) is 2.55. The lowest BCUT2D eigenvalue weighted by Crippen LogP contribution is -2.40. The Balaban J connectivity index is 1.89. The van der Waals surface area contributed by atoms with Crippen LogP contribution in [-0.4, -0.2) is 29.1 Å². The molecule has 0 aromatic heterocycles. The van der Waals surface area contributed by atoms with Crippen LogP contribution < -0.4 is 0 Å². The molecule has 1 aromatic carbocycles. The smallest absolute Gasteiger partial charge is 0.115 e. The van der Waals surface area contributed by atoms with Crippen molar-refractivity contribution in [3.05, 3.63) is 29.8 Å². The maximum absolute atomic E-state index is 9.29. The summed E-state index contributed by atoms with van der Waals surface area (Å²) in [6.07, 6.45) is 7.97. The molecule has 100 valence electrons. The van der Waals surface area contributed by atoms with Gasteiger partial charge in [-0.15, -0.1) is 0 Å². The van der Waals surface area contributed by atoms with E-state index in [9.17, 15) is 5.11 Å². The Morgan fingerprint density at radius 1 is 1.17 bits per heavy atom. The van der Waals surface area contributed by atoms with Crippen LogP contribution in [0.5, 0.6) is 5.75 Å². The quantitative estimate of drug-likeness (QED) is 0.879. The Labute approximate surface area is 111 Å². The van der Waals surface area contributed by atoms with Crippen LogP contribution >= 0.6 is 0 Å². The van der Waals surface area contributed by atoms with Gasteiger partial charge in [-0.3, -0.25) is 0 Å². The van der Waals surface area contributed by atoms with E-state index in [1.165, 1.54) is 37.7 Å². The van der Waals surface area contributed by atoms with Crippen LogP contribution in [0.4, 0.5) is 0 Å². The van der Waals surface area contributed by atoms with Gasteiger partial charge in [0, 0.05) is 12.1 Å². The third-order valence-electron chi connectivity index (χ3n) is 4.31. The molecule has 2 rings (SSSR count). The number of nitrogens with zero attached hydrogens (tertiary/aromatic N) is 1. The van der Waals surface area contributed by atoms with Gasteiger partial charge in [-0.05, 0) is 50.9 Å². The molecule has 1 saturated carbocycles. The van der Waals surface area contributed by atoms with Crippen molar-refractivity contribution in [1.82, 2.24) is 4.90 Å². The highest BCUT2D eigenvalue weighted by Gasteiger charge is 2.21. The number of aromatic hydroxyl groups is 1. The van der Waals surface area contributed by atoms with E-state index in [-0.39, 0.29) is 0 Å². The van der Waals surface area contributed by atoms with Crippen LogP contribution in [0.2, 0.25) is 0 Å². The molecule has 1 fully saturated rings. The Kier molecular flexibility index (Phi) is 4.65. The van der Waals surface area contributed by atoms with Gasteiger partial charge in [0.25, 0.3) is 0 Å². The van der Waals surface area contributed by atoms with E-state index in [0.717, 1.165) is 12.5 Å². The molecular formula is C16H25NO. The minimum Gasteiger partial charge on any atom is -0.508 e. The lowest BCUT2D eigenvalue weighted by Gasteiger charge is -2.35. The number of likely N-dealkylation sites (N-methyl/N-ethyl adjacent to an activating group) is 1. The Morgan fingerprint density at radius 3 is 2.39 bits per heavy atom. The van der Waals surface area contributed by atoms with Crippen LogP contribution in [0.1, 0.15) is 44.6 Å². The maximum Gasteiger partial charge on any atom is 0.115 e. The summed E-state index contributed by atoms with van der Waals surface area (Å²) in [5, 5.41) is 9.29. The minimum absolute atomic E-state index is 0.354. The highest BCUT2D eigenvalue weighted by atomic mass is 16.3. The summed E-state index contributed by atoms with van der Waals surface area (Å²) >= 11 is 0. The molecule has 1 aliphatic rings. The van der Waals surface area contributed by atoms with Gasteiger partial charge in [0.05, 0.1) is 0 Å². The van der Waals surface area contributed by atoms with E-state index in [1.807, 2.05) is 12.1 Å². The fourth-order valence-electron chi connectivity index (χ4n) is 2.97. The molecule has 1 aliphatic carbocycles. The summed E-state index contributed by atoms with van der Waals surface area (Å²) in [7, 11) is 2.26. The van der Waals surface area contributed by atoms with Crippen LogP contribution in [0, 0.1) is 0 Å². The van der Waals surface area contributed by atoms with Crippen molar-refractivity contribution in [2.45, 2.75) is 57.5 Å². The molecule has 0 saturated heterocycles. The van der Waals surface area contributed by atoms with Gasteiger partial charge in [0.15, 0.2) is 0 Å². The maximum atomic E-state index is 9.29. The first-order chi connectivity index (χ1) is 8.66. The van der Waals surface area contributed by atoms with Crippen LogP contribution in [0.25, 0.3) is 0 Å².